The maximum atomic E-state index is 13.8. The standard InChI is InChI=1S/C29H27ClN2O6S/c1-2-38-29(35)21-8-6-14-31(18-21)27(33)20-12-13-26-24(16-20)32(17-19-7-5-9-22(30)15-19)28(34)23-10-3-4-11-25(23)39(26,36)37/h3-5,7,9-13,15-16,21H,2,6,8,14,17-18H2,1H3/t21-/m0/s1. The largest absolute Gasteiger partial charge is 0.466 e. The summed E-state index contributed by atoms with van der Waals surface area (Å²) in [5, 5.41) is 0.480. The summed E-state index contributed by atoms with van der Waals surface area (Å²) in [6, 6.07) is 17.4. The van der Waals surface area contributed by atoms with Crippen LogP contribution in [0.2, 0.25) is 5.02 Å². The zero-order valence-corrected chi connectivity index (χ0v) is 22.9. The Bertz CT molecular complexity index is 1570. The molecule has 2 aliphatic heterocycles. The quantitative estimate of drug-likeness (QED) is 0.413. The maximum absolute atomic E-state index is 13.8. The van der Waals surface area contributed by atoms with Crippen molar-refractivity contribution < 1.29 is 27.5 Å². The second-order valence-corrected chi connectivity index (χ2v) is 11.9. The zero-order chi connectivity index (χ0) is 27.7. The van der Waals surface area contributed by atoms with E-state index >= 15 is 0 Å². The Morgan fingerprint density at radius 3 is 2.59 bits per heavy atom. The van der Waals surface area contributed by atoms with Crippen LogP contribution >= 0.6 is 11.6 Å². The van der Waals surface area contributed by atoms with E-state index in [1.807, 2.05) is 0 Å². The van der Waals surface area contributed by atoms with Gasteiger partial charge in [0, 0.05) is 23.7 Å². The van der Waals surface area contributed by atoms with E-state index < -0.39 is 21.7 Å². The summed E-state index contributed by atoms with van der Waals surface area (Å²) in [6.07, 6.45) is 1.27. The minimum Gasteiger partial charge on any atom is -0.466 e. The number of halogens is 1. The Labute approximate surface area is 232 Å². The monoisotopic (exact) mass is 566 g/mol. The van der Waals surface area contributed by atoms with E-state index in [9.17, 15) is 22.8 Å². The van der Waals surface area contributed by atoms with Gasteiger partial charge in [-0.1, -0.05) is 35.9 Å². The highest BCUT2D eigenvalue weighted by molar-refractivity contribution is 7.91. The van der Waals surface area contributed by atoms with Crippen LogP contribution in [0.15, 0.2) is 76.5 Å². The van der Waals surface area contributed by atoms with Gasteiger partial charge in [0.05, 0.1) is 40.1 Å². The zero-order valence-electron chi connectivity index (χ0n) is 21.3. The molecule has 2 heterocycles. The number of anilines is 1. The van der Waals surface area contributed by atoms with Crippen LogP contribution in [-0.2, 0) is 25.9 Å². The summed E-state index contributed by atoms with van der Waals surface area (Å²) in [6.45, 7) is 2.72. The molecule has 0 N–H and O–H groups in total. The smallest absolute Gasteiger partial charge is 0.310 e. The van der Waals surface area contributed by atoms with Crippen LogP contribution in [0.1, 0.15) is 46.0 Å². The fraction of sp³-hybridized carbons (Fsp3) is 0.276. The minimum atomic E-state index is -4.07. The molecule has 5 rings (SSSR count). The number of hydrogen-bond acceptors (Lipinski definition) is 6. The van der Waals surface area contributed by atoms with Crippen LogP contribution in [0.25, 0.3) is 0 Å². The van der Waals surface area contributed by atoms with Gasteiger partial charge in [0.1, 0.15) is 0 Å². The Kier molecular flexibility index (Phi) is 7.46. The number of hydrogen-bond donors (Lipinski definition) is 0. The summed E-state index contributed by atoms with van der Waals surface area (Å²) in [7, 11) is -4.07. The molecule has 39 heavy (non-hydrogen) atoms. The highest BCUT2D eigenvalue weighted by Crippen LogP contribution is 2.38. The Morgan fingerprint density at radius 2 is 1.82 bits per heavy atom. The van der Waals surface area contributed by atoms with Crippen molar-refractivity contribution in [3.8, 4) is 0 Å². The second-order valence-electron chi connectivity index (χ2n) is 9.55. The van der Waals surface area contributed by atoms with Crippen molar-refractivity contribution in [3.63, 3.8) is 0 Å². The molecule has 1 atom stereocenters. The maximum Gasteiger partial charge on any atom is 0.310 e. The summed E-state index contributed by atoms with van der Waals surface area (Å²) in [5.41, 5.74) is 1.09. The number of ether oxygens (including phenoxy) is 1. The van der Waals surface area contributed by atoms with E-state index in [2.05, 4.69) is 0 Å². The molecule has 3 aromatic rings. The van der Waals surface area contributed by atoms with Gasteiger partial charge < -0.3 is 14.5 Å². The van der Waals surface area contributed by atoms with Gasteiger partial charge in [-0.05, 0) is 67.8 Å². The number of benzene rings is 3. The molecule has 0 bridgehead atoms. The number of carbonyl (C=O) groups is 3. The van der Waals surface area contributed by atoms with E-state index in [4.69, 9.17) is 16.3 Å². The molecule has 0 radical (unpaired) electrons. The summed E-state index contributed by atoms with van der Waals surface area (Å²) in [4.78, 5) is 42.5. The molecular weight excluding hydrogens is 540 g/mol. The van der Waals surface area contributed by atoms with E-state index in [0.29, 0.717) is 30.0 Å². The lowest BCUT2D eigenvalue weighted by molar-refractivity contribution is -0.149. The highest BCUT2D eigenvalue weighted by atomic mass is 35.5. The first kappa shape index (κ1) is 26.9. The van der Waals surface area contributed by atoms with Gasteiger partial charge in [-0.2, -0.15) is 0 Å². The average molecular weight is 567 g/mol. The number of rotatable bonds is 5. The molecule has 8 nitrogen and oxygen atoms in total. The first-order valence-electron chi connectivity index (χ1n) is 12.7. The molecule has 10 heteroatoms. The fourth-order valence-electron chi connectivity index (χ4n) is 5.11. The summed E-state index contributed by atoms with van der Waals surface area (Å²) in [5.74, 6) is -1.60. The van der Waals surface area contributed by atoms with Crippen LogP contribution in [-0.4, -0.2) is 50.8 Å². The van der Waals surface area contributed by atoms with Crippen molar-refractivity contribution in [2.75, 3.05) is 24.6 Å². The Balaban J connectivity index is 1.58. The van der Waals surface area contributed by atoms with Crippen molar-refractivity contribution in [2.45, 2.75) is 36.1 Å². The number of fused-ring (bicyclic) bond motifs is 2. The molecule has 202 valence electrons. The number of piperidine rings is 1. The van der Waals surface area contributed by atoms with E-state index in [0.717, 1.165) is 0 Å². The molecule has 2 amide bonds. The van der Waals surface area contributed by atoms with Gasteiger partial charge >= 0.3 is 5.97 Å². The lowest BCUT2D eigenvalue weighted by Crippen LogP contribution is -2.43. The number of esters is 1. The Morgan fingerprint density at radius 1 is 1.03 bits per heavy atom. The van der Waals surface area contributed by atoms with Gasteiger partial charge in [-0.3, -0.25) is 14.4 Å². The third-order valence-electron chi connectivity index (χ3n) is 7.00. The van der Waals surface area contributed by atoms with Crippen molar-refractivity contribution >= 4 is 44.9 Å². The van der Waals surface area contributed by atoms with Gasteiger partial charge in [0.2, 0.25) is 9.84 Å². The molecule has 0 saturated carbocycles. The number of sulfone groups is 1. The summed E-state index contributed by atoms with van der Waals surface area (Å²) >= 11 is 6.18. The topological polar surface area (TPSA) is 101 Å². The molecule has 0 aliphatic carbocycles. The normalized spacial score (nSPS) is 18.1. The molecule has 3 aromatic carbocycles. The second kappa shape index (κ2) is 10.8. The third-order valence-corrected chi connectivity index (χ3v) is 9.09. The van der Waals surface area contributed by atoms with Crippen molar-refractivity contribution in [2.24, 2.45) is 5.92 Å². The lowest BCUT2D eigenvalue weighted by atomic mass is 9.97. The average Bonchev–Trinajstić information content (AvgIpc) is 3.01. The van der Waals surface area contributed by atoms with E-state index in [1.165, 1.54) is 35.2 Å². The predicted octanol–water partition coefficient (Wildman–Crippen LogP) is 4.75. The third kappa shape index (κ3) is 5.16. The first-order valence-corrected chi connectivity index (χ1v) is 14.6. The number of nitrogens with zero attached hydrogens (tertiary/aromatic N) is 2. The molecular formula is C29H27ClN2O6S. The van der Waals surface area contributed by atoms with Gasteiger partial charge in [-0.25, -0.2) is 8.42 Å². The van der Waals surface area contributed by atoms with Crippen LogP contribution in [0.3, 0.4) is 0 Å². The summed E-state index contributed by atoms with van der Waals surface area (Å²) < 4.78 is 32.6. The molecule has 1 saturated heterocycles. The number of amides is 2. The van der Waals surface area contributed by atoms with Crippen LogP contribution < -0.4 is 4.90 Å². The van der Waals surface area contributed by atoms with Crippen LogP contribution in [0, 0.1) is 5.92 Å². The van der Waals surface area contributed by atoms with Crippen LogP contribution in [0.4, 0.5) is 5.69 Å². The highest BCUT2D eigenvalue weighted by Gasteiger charge is 2.37. The predicted molar refractivity (Wildman–Crippen MR) is 146 cm³/mol. The van der Waals surface area contributed by atoms with E-state index in [-0.39, 0.29) is 58.2 Å². The molecule has 1 fully saturated rings. The lowest BCUT2D eigenvalue weighted by Gasteiger charge is -2.32. The van der Waals surface area contributed by atoms with Crippen LogP contribution in [0.5, 0.6) is 0 Å². The van der Waals surface area contributed by atoms with Gasteiger partial charge in [0.25, 0.3) is 11.8 Å². The number of likely N-dealkylation sites (tertiary alicyclic amines) is 1. The first-order chi connectivity index (χ1) is 18.7. The molecule has 0 aromatic heterocycles. The molecule has 0 unspecified atom stereocenters. The molecule has 0 spiro atoms. The van der Waals surface area contributed by atoms with Crippen molar-refractivity contribution in [3.05, 3.63) is 88.4 Å². The van der Waals surface area contributed by atoms with Gasteiger partial charge in [-0.15, -0.1) is 0 Å². The minimum absolute atomic E-state index is 0.0442. The van der Waals surface area contributed by atoms with Crippen molar-refractivity contribution in [1.82, 2.24) is 4.90 Å². The van der Waals surface area contributed by atoms with E-state index in [1.54, 1.807) is 48.2 Å². The van der Waals surface area contributed by atoms with Gasteiger partial charge in [0.15, 0.2) is 0 Å². The van der Waals surface area contributed by atoms with Crippen molar-refractivity contribution in [1.29, 1.82) is 0 Å². The SMILES string of the molecule is CCOC(=O)[C@H]1CCCN(C(=O)c2ccc3c(c2)N(Cc2cccc(Cl)c2)C(=O)c2ccccc2S3(=O)=O)C1. The molecule has 2 aliphatic rings. The fourth-order valence-corrected chi connectivity index (χ4v) is 6.96. The number of carbonyl (C=O) groups excluding carboxylic acids is 3. The Hall–Kier alpha value is -3.69.